The number of fused-ring (bicyclic) bond motifs is 3. The summed E-state index contributed by atoms with van der Waals surface area (Å²) < 4.78 is 1.52. The molecule has 0 unspecified atom stereocenters. The Kier molecular flexibility index (Phi) is 1.85. The van der Waals surface area contributed by atoms with Gasteiger partial charge in [-0.3, -0.25) is 14.9 Å². The molecule has 0 spiro atoms. The maximum atomic E-state index is 11.6. The fourth-order valence-corrected chi connectivity index (χ4v) is 1.94. The number of non-ortho nitro benzene ring substituents is 1. The zero-order valence-electron chi connectivity index (χ0n) is 8.66. The quantitative estimate of drug-likeness (QED) is 0.554. The first kappa shape index (κ1) is 9.71. The van der Waals surface area contributed by atoms with Gasteiger partial charge in [0.2, 0.25) is 0 Å². The number of Topliss-reactive ketones (excluding diaryl/α,β-unsaturated/α-hetero) is 1. The second-order valence-electron chi connectivity index (χ2n) is 3.77. The van der Waals surface area contributed by atoms with Crippen molar-refractivity contribution in [3.8, 4) is 0 Å². The van der Waals surface area contributed by atoms with Gasteiger partial charge in [-0.15, -0.1) is 0 Å². The molecule has 1 aliphatic heterocycles. The molecule has 1 aromatic heterocycles. The Hall–Kier alpha value is -2.50. The highest BCUT2D eigenvalue weighted by molar-refractivity contribution is 6.07. The normalized spacial score (nSPS) is 14.0. The molecule has 0 amide bonds. The van der Waals surface area contributed by atoms with Crippen LogP contribution in [0, 0.1) is 10.1 Å². The molecule has 2 aromatic rings. The molecular weight excluding hydrogens is 222 g/mol. The van der Waals surface area contributed by atoms with Gasteiger partial charge >= 0.3 is 0 Å². The van der Waals surface area contributed by atoms with Gasteiger partial charge in [-0.1, -0.05) is 0 Å². The van der Waals surface area contributed by atoms with Crippen LogP contribution in [-0.4, -0.2) is 21.6 Å². The first-order valence-electron chi connectivity index (χ1n) is 5.03. The Morgan fingerprint density at radius 3 is 2.94 bits per heavy atom. The van der Waals surface area contributed by atoms with Crippen LogP contribution in [0.25, 0.3) is 10.9 Å². The summed E-state index contributed by atoms with van der Waals surface area (Å²) in [5.41, 5.74) is 1.19. The highest BCUT2D eigenvalue weighted by Gasteiger charge is 2.19. The van der Waals surface area contributed by atoms with Crippen molar-refractivity contribution < 1.29 is 9.72 Å². The van der Waals surface area contributed by atoms with Gasteiger partial charge in [0.05, 0.1) is 10.4 Å². The van der Waals surface area contributed by atoms with Crippen molar-refractivity contribution in [3.05, 3.63) is 40.1 Å². The SMILES string of the molecule is O=C1CC=Nn2c1cc1cc([N+](=O)[O-])ccc12. The molecule has 0 N–H and O–H groups in total. The van der Waals surface area contributed by atoms with Gasteiger partial charge in [0.25, 0.3) is 5.69 Å². The number of ketones is 1. The second-order valence-corrected chi connectivity index (χ2v) is 3.77. The predicted octanol–water partition coefficient (Wildman–Crippen LogP) is 1.97. The number of carbonyl (C=O) groups is 1. The number of carbonyl (C=O) groups excluding carboxylic acids is 1. The third kappa shape index (κ3) is 1.34. The molecule has 0 bridgehead atoms. The summed E-state index contributed by atoms with van der Waals surface area (Å²) in [4.78, 5) is 21.8. The van der Waals surface area contributed by atoms with Crippen molar-refractivity contribution in [2.24, 2.45) is 5.10 Å². The van der Waals surface area contributed by atoms with E-state index in [4.69, 9.17) is 0 Å². The molecule has 1 aliphatic rings. The fourth-order valence-electron chi connectivity index (χ4n) is 1.94. The standard InChI is InChI=1S/C11H7N3O3/c15-11-3-4-12-13-9-2-1-8(14(16)17)5-7(9)6-10(11)13/h1-2,4-6H,3H2. The van der Waals surface area contributed by atoms with E-state index in [1.165, 1.54) is 23.0 Å². The third-order valence-corrected chi connectivity index (χ3v) is 2.73. The predicted molar refractivity (Wildman–Crippen MR) is 61.4 cm³/mol. The van der Waals surface area contributed by atoms with Crippen LogP contribution < -0.4 is 0 Å². The topological polar surface area (TPSA) is 77.5 Å². The molecular formula is C11H7N3O3. The summed E-state index contributed by atoms with van der Waals surface area (Å²) in [6.07, 6.45) is 1.81. The lowest BCUT2D eigenvalue weighted by Gasteiger charge is -2.06. The summed E-state index contributed by atoms with van der Waals surface area (Å²) in [5.74, 6) is -0.0288. The van der Waals surface area contributed by atoms with Crippen molar-refractivity contribution >= 4 is 28.6 Å². The van der Waals surface area contributed by atoms with Crippen molar-refractivity contribution in [3.63, 3.8) is 0 Å². The van der Waals surface area contributed by atoms with E-state index in [1.807, 2.05) is 0 Å². The van der Waals surface area contributed by atoms with Gasteiger partial charge in [0, 0.05) is 30.2 Å². The molecule has 0 fully saturated rings. The van der Waals surface area contributed by atoms with Gasteiger partial charge in [0.15, 0.2) is 5.78 Å². The average Bonchev–Trinajstić information content (AvgIpc) is 2.68. The number of aromatic nitrogens is 1. The molecule has 0 saturated heterocycles. The van der Waals surface area contributed by atoms with E-state index >= 15 is 0 Å². The first-order valence-corrected chi connectivity index (χ1v) is 5.03. The monoisotopic (exact) mass is 229 g/mol. The molecule has 0 saturated carbocycles. The highest BCUT2D eigenvalue weighted by atomic mass is 16.6. The van der Waals surface area contributed by atoms with Crippen LogP contribution in [0.2, 0.25) is 0 Å². The minimum absolute atomic E-state index is 0.0110. The molecule has 0 radical (unpaired) electrons. The first-order chi connectivity index (χ1) is 8.16. The number of nitro groups is 1. The van der Waals surface area contributed by atoms with Crippen molar-refractivity contribution in [1.29, 1.82) is 0 Å². The minimum Gasteiger partial charge on any atom is -0.292 e. The van der Waals surface area contributed by atoms with Crippen LogP contribution in [0.5, 0.6) is 0 Å². The van der Waals surface area contributed by atoms with Crippen LogP contribution in [0.3, 0.4) is 0 Å². The van der Waals surface area contributed by atoms with E-state index < -0.39 is 4.92 Å². The van der Waals surface area contributed by atoms with E-state index in [2.05, 4.69) is 5.10 Å². The Morgan fingerprint density at radius 1 is 1.35 bits per heavy atom. The number of rotatable bonds is 1. The number of hydrogen-bond acceptors (Lipinski definition) is 4. The van der Waals surface area contributed by atoms with Gasteiger partial charge in [0.1, 0.15) is 5.69 Å². The summed E-state index contributed by atoms with van der Waals surface area (Å²) >= 11 is 0. The minimum atomic E-state index is -0.457. The van der Waals surface area contributed by atoms with Crippen molar-refractivity contribution in [1.82, 2.24) is 4.68 Å². The maximum absolute atomic E-state index is 11.6. The molecule has 3 rings (SSSR count). The molecule has 6 nitrogen and oxygen atoms in total. The average molecular weight is 229 g/mol. The summed E-state index contributed by atoms with van der Waals surface area (Å²) in [6, 6.07) is 6.10. The Morgan fingerprint density at radius 2 is 2.18 bits per heavy atom. The van der Waals surface area contributed by atoms with Gasteiger partial charge in [-0.25, -0.2) is 4.68 Å². The van der Waals surface area contributed by atoms with E-state index in [1.54, 1.807) is 12.1 Å². The summed E-state index contributed by atoms with van der Waals surface area (Å²) in [7, 11) is 0. The summed E-state index contributed by atoms with van der Waals surface area (Å²) in [5, 5.41) is 15.4. The van der Waals surface area contributed by atoms with Crippen LogP contribution in [-0.2, 0) is 0 Å². The number of benzene rings is 1. The fraction of sp³-hybridized carbons (Fsp3) is 0.0909. The van der Waals surface area contributed by atoms with Gasteiger partial charge in [-0.2, -0.15) is 5.10 Å². The zero-order chi connectivity index (χ0) is 12.0. The highest BCUT2D eigenvalue weighted by Crippen LogP contribution is 2.26. The van der Waals surface area contributed by atoms with E-state index in [-0.39, 0.29) is 17.9 Å². The Labute approximate surface area is 95.3 Å². The lowest BCUT2D eigenvalue weighted by molar-refractivity contribution is -0.384. The maximum Gasteiger partial charge on any atom is 0.270 e. The smallest absolute Gasteiger partial charge is 0.270 e. The van der Waals surface area contributed by atoms with Crippen LogP contribution in [0.15, 0.2) is 29.4 Å². The zero-order valence-corrected chi connectivity index (χ0v) is 8.66. The van der Waals surface area contributed by atoms with E-state index in [0.29, 0.717) is 16.6 Å². The van der Waals surface area contributed by atoms with Crippen molar-refractivity contribution in [2.45, 2.75) is 6.42 Å². The number of nitro benzene ring substituents is 1. The molecule has 17 heavy (non-hydrogen) atoms. The van der Waals surface area contributed by atoms with E-state index in [0.717, 1.165) is 0 Å². The molecule has 6 heteroatoms. The Balaban J connectivity index is 2.31. The molecule has 0 aliphatic carbocycles. The van der Waals surface area contributed by atoms with Gasteiger partial charge < -0.3 is 0 Å². The molecule has 84 valence electrons. The second kappa shape index (κ2) is 3.24. The van der Waals surface area contributed by atoms with Crippen LogP contribution >= 0.6 is 0 Å². The Bertz CT molecular complexity index is 685. The van der Waals surface area contributed by atoms with Crippen LogP contribution in [0.4, 0.5) is 5.69 Å². The molecule has 0 atom stereocenters. The largest absolute Gasteiger partial charge is 0.292 e. The van der Waals surface area contributed by atoms with E-state index in [9.17, 15) is 14.9 Å². The van der Waals surface area contributed by atoms with Gasteiger partial charge in [-0.05, 0) is 12.1 Å². The number of nitrogens with zero attached hydrogens (tertiary/aromatic N) is 3. The lowest BCUT2D eigenvalue weighted by atomic mass is 10.2. The third-order valence-electron chi connectivity index (χ3n) is 2.73. The number of hydrogen-bond donors (Lipinski definition) is 0. The molecule has 1 aromatic carbocycles. The lowest BCUT2D eigenvalue weighted by Crippen LogP contribution is -2.11. The molecule has 2 heterocycles. The van der Waals surface area contributed by atoms with Crippen molar-refractivity contribution in [2.75, 3.05) is 0 Å². The summed E-state index contributed by atoms with van der Waals surface area (Å²) in [6.45, 7) is 0. The van der Waals surface area contributed by atoms with Crippen LogP contribution in [0.1, 0.15) is 16.9 Å².